The molecule has 1 aliphatic heterocycles. The Bertz CT molecular complexity index is 888. The Hall–Kier alpha value is -0.320. The van der Waals surface area contributed by atoms with Crippen LogP contribution in [0.1, 0.15) is 147 Å². The standard InChI is InChI=1S/C36H70O8/c1-13-34(11,42-20-16-30(5,6)38)23-27(31(7,8)41-19-15-29(3,4)37)28-24-35(12)26-36(28,14-2)44-22-18-33(10,40)25-32(9,39)17-21-43-35/h27-28,37-40H,13-26H2,1-12H3/t27?,28?,32?,33-,34?,35?,36?/m1/s1. The molecule has 4 N–H and O–H groups in total. The lowest BCUT2D eigenvalue weighted by atomic mass is 9.67. The normalized spacial score (nSPS) is 35.0. The summed E-state index contributed by atoms with van der Waals surface area (Å²) in [6, 6.07) is 0. The minimum atomic E-state index is -1.07. The molecule has 0 amide bonds. The summed E-state index contributed by atoms with van der Waals surface area (Å²) in [5.74, 6) is 0.0696. The molecule has 0 radical (unpaired) electrons. The van der Waals surface area contributed by atoms with E-state index in [-0.39, 0.29) is 18.3 Å². The van der Waals surface area contributed by atoms with Crippen LogP contribution >= 0.6 is 0 Å². The monoisotopic (exact) mass is 631 g/mol. The lowest BCUT2D eigenvalue weighted by molar-refractivity contribution is -0.171. The number of hydrogen-bond donors (Lipinski definition) is 4. The van der Waals surface area contributed by atoms with E-state index in [4.69, 9.17) is 18.9 Å². The second kappa shape index (κ2) is 14.4. The molecule has 44 heavy (non-hydrogen) atoms. The summed E-state index contributed by atoms with van der Waals surface area (Å²) in [6.45, 7) is 25.4. The SMILES string of the molecule is CCC(C)(CC(C1CC2(C)CC1(CC)OCC[C@@](C)(O)CC(C)(O)CCO2)C(C)(C)OCCC(C)(C)O)OCCC(C)(C)O. The van der Waals surface area contributed by atoms with Gasteiger partial charge < -0.3 is 39.4 Å². The zero-order valence-corrected chi connectivity index (χ0v) is 30.5. The molecule has 6 unspecified atom stereocenters. The predicted molar refractivity (Wildman–Crippen MR) is 176 cm³/mol. The number of aliphatic hydroxyl groups is 4. The first-order valence-electron chi connectivity index (χ1n) is 17.2. The third kappa shape index (κ3) is 12.0. The van der Waals surface area contributed by atoms with Crippen molar-refractivity contribution in [1.82, 2.24) is 0 Å². The van der Waals surface area contributed by atoms with Crippen molar-refractivity contribution in [3.63, 3.8) is 0 Å². The number of ether oxygens (including phenoxy) is 4. The van der Waals surface area contributed by atoms with Gasteiger partial charge in [0.15, 0.2) is 0 Å². The van der Waals surface area contributed by atoms with Crippen LogP contribution in [0, 0.1) is 11.8 Å². The highest BCUT2D eigenvalue weighted by Crippen LogP contribution is 2.56. The molecule has 0 aromatic rings. The van der Waals surface area contributed by atoms with Crippen LogP contribution in [0.15, 0.2) is 0 Å². The molecule has 262 valence electrons. The summed E-state index contributed by atoms with van der Waals surface area (Å²) in [6.07, 6.45) is 5.99. The molecule has 8 nitrogen and oxygen atoms in total. The maximum Gasteiger partial charge on any atom is 0.0740 e. The lowest BCUT2D eigenvalue weighted by Gasteiger charge is -2.48. The van der Waals surface area contributed by atoms with Gasteiger partial charge in [0.2, 0.25) is 0 Å². The molecule has 0 spiro atoms. The van der Waals surface area contributed by atoms with Crippen LogP contribution in [0.4, 0.5) is 0 Å². The molecule has 7 atom stereocenters. The molecule has 1 saturated heterocycles. The van der Waals surface area contributed by atoms with Crippen LogP contribution in [-0.4, -0.2) is 91.7 Å². The first kappa shape index (κ1) is 39.9. The van der Waals surface area contributed by atoms with Gasteiger partial charge in [0.25, 0.3) is 0 Å². The van der Waals surface area contributed by atoms with Gasteiger partial charge in [-0.3, -0.25) is 0 Å². The Morgan fingerprint density at radius 3 is 1.75 bits per heavy atom. The van der Waals surface area contributed by atoms with Gasteiger partial charge >= 0.3 is 0 Å². The van der Waals surface area contributed by atoms with Crippen molar-refractivity contribution < 1.29 is 39.4 Å². The molecule has 1 saturated carbocycles. The summed E-state index contributed by atoms with van der Waals surface area (Å²) in [7, 11) is 0. The highest BCUT2D eigenvalue weighted by atomic mass is 16.5. The topological polar surface area (TPSA) is 118 Å². The molecule has 1 aliphatic carbocycles. The van der Waals surface area contributed by atoms with Crippen LogP contribution in [0.3, 0.4) is 0 Å². The minimum Gasteiger partial charge on any atom is -0.390 e. The van der Waals surface area contributed by atoms with Crippen LogP contribution in [0.25, 0.3) is 0 Å². The Morgan fingerprint density at radius 2 is 1.27 bits per heavy atom. The van der Waals surface area contributed by atoms with Gasteiger partial charge in [-0.25, -0.2) is 0 Å². The van der Waals surface area contributed by atoms with Crippen molar-refractivity contribution in [3.05, 3.63) is 0 Å². The molecule has 2 bridgehead atoms. The fourth-order valence-corrected chi connectivity index (χ4v) is 7.60. The lowest BCUT2D eigenvalue weighted by Crippen LogP contribution is -2.51. The summed E-state index contributed by atoms with van der Waals surface area (Å²) in [5.41, 5.74) is -5.74. The summed E-state index contributed by atoms with van der Waals surface area (Å²) in [5, 5.41) is 43.1. The van der Waals surface area contributed by atoms with Gasteiger partial charge in [0.05, 0.1) is 71.2 Å². The molecule has 2 aliphatic rings. The van der Waals surface area contributed by atoms with E-state index in [1.54, 1.807) is 27.7 Å². The van der Waals surface area contributed by atoms with Crippen molar-refractivity contribution in [2.75, 3.05) is 26.4 Å². The molecular weight excluding hydrogens is 560 g/mol. The Kier molecular flexibility index (Phi) is 13.1. The average molecular weight is 631 g/mol. The van der Waals surface area contributed by atoms with E-state index in [1.807, 2.05) is 13.8 Å². The highest BCUT2D eigenvalue weighted by molar-refractivity contribution is 5.10. The van der Waals surface area contributed by atoms with E-state index in [9.17, 15) is 20.4 Å². The first-order valence-corrected chi connectivity index (χ1v) is 17.2. The van der Waals surface area contributed by atoms with Crippen LogP contribution in [0.5, 0.6) is 0 Å². The second-order valence-corrected chi connectivity index (χ2v) is 17.3. The molecular formula is C36H70O8. The van der Waals surface area contributed by atoms with Gasteiger partial charge in [0.1, 0.15) is 0 Å². The fourth-order valence-electron chi connectivity index (χ4n) is 7.60. The smallest absolute Gasteiger partial charge is 0.0740 e. The molecule has 0 aromatic heterocycles. The fraction of sp³-hybridized carbons (Fsp3) is 1.00. The molecule has 0 aromatic carbocycles. The first-order chi connectivity index (χ1) is 19.8. The van der Waals surface area contributed by atoms with Crippen LogP contribution in [0.2, 0.25) is 0 Å². The number of rotatable bonds is 14. The van der Waals surface area contributed by atoms with Crippen molar-refractivity contribution in [3.8, 4) is 0 Å². The summed E-state index contributed by atoms with van der Waals surface area (Å²) in [4.78, 5) is 0. The van der Waals surface area contributed by atoms with Gasteiger partial charge in [-0.2, -0.15) is 0 Å². The van der Waals surface area contributed by atoms with Crippen molar-refractivity contribution in [2.24, 2.45) is 11.8 Å². The Balaban J connectivity index is 2.54. The Labute approximate surface area is 269 Å². The quantitative estimate of drug-likeness (QED) is 0.176. The predicted octanol–water partition coefficient (Wildman–Crippen LogP) is 6.33. The van der Waals surface area contributed by atoms with Crippen molar-refractivity contribution >= 4 is 0 Å². The van der Waals surface area contributed by atoms with E-state index in [2.05, 4.69) is 41.5 Å². The molecule has 8 heteroatoms. The van der Waals surface area contributed by atoms with Crippen molar-refractivity contribution in [2.45, 2.75) is 192 Å². The highest BCUT2D eigenvalue weighted by Gasteiger charge is 2.59. The third-order valence-corrected chi connectivity index (χ3v) is 10.6. The zero-order valence-electron chi connectivity index (χ0n) is 30.5. The maximum absolute atomic E-state index is 11.2. The van der Waals surface area contributed by atoms with Gasteiger partial charge in [-0.05, 0) is 132 Å². The van der Waals surface area contributed by atoms with Crippen molar-refractivity contribution in [1.29, 1.82) is 0 Å². The minimum absolute atomic E-state index is 0.00973. The molecule has 2 fully saturated rings. The molecule has 2 rings (SSSR count). The van der Waals surface area contributed by atoms with Gasteiger partial charge in [-0.1, -0.05) is 13.8 Å². The van der Waals surface area contributed by atoms with E-state index >= 15 is 0 Å². The largest absolute Gasteiger partial charge is 0.390 e. The van der Waals surface area contributed by atoms with Gasteiger partial charge in [-0.15, -0.1) is 0 Å². The zero-order chi connectivity index (χ0) is 33.9. The van der Waals surface area contributed by atoms with E-state index < -0.39 is 44.8 Å². The summed E-state index contributed by atoms with van der Waals surface area (Å²) >= 11 is 0. The third-order valence-electron chi connectivity index (χ3n) is 10.6. The van der Waals surface area contributed by atoms with Crippen LogP contribution < -0.4 is 0 Å². The molecule has 1 heterocycles. The van der Waals surface area contributed by atoms with E-state index in [0.29, 0.717) is 58.5 Å². The second-order valence-electron chi connectivity index (χ2n) is 17.3. The summed E-state index contributed by atoms with van der Waals surface area (Å²) < 4.78 is 26.9. The number of fused-ring (bicyclic) bond motifs is 2. The average Bonchev–Trinajstić information content (AvgIpc) is 3.11. The van der Waals surface area contributed by atoms with Gasteiger partial charge in [0, 0.05) is 12.8 Å². The maximum atomic E-state index is 11.2. The van der Waals surface area contributed by atoms with Crippen LogP contribution in [-0.2, 0) is 18.9 Å². The van der Waals surface area contributed by atoms with E-state index in [0.717, 1.165) is 25.7 Å². The van der Waals surface area contributed by atoms with E-state index in [1.165, 1.54) is 0 Å². The number of hydrogen-bond acceptors (Lipinski definition) is 8. The Morgan fingerprint density at radius 1 is 0.773 bits per heavy atom.